The van der Waals surface area contributed by atoms with Crippen molar-refractivity contribution in [3.05, 3.63) is 16.1 Å². The normalized spacial score (nSPS) is 12.2. The van der Waals surface area contributed by atoms with Gasteiger partial charge in [-0.15, -0.1) is 35.3 Å². The first kappa shape index (κ1) is 26.9. The predicted molar refractivity (Wildman–Crippen MR) is 128 cm³/mol. The van der Waals surface area contributed by atoms with Gasteiger partial charge in [-0.25, -0.2) is 9.78 Å². The largest absolute Gasteiger partial charge is 0.444 e. The Labute approximate surface area is 190 Å². The average molecular weight is 526 g/mol. The molecule has 0 bridgehead atoms. The lowest BCUT2D eigenvalue weighted by atomic mass is 9.93. The summed E-state index contributed by atoms with van der Waals surface area (Å²) in [5.74, 6) is 0.681. The molecule has 0 unspecified atom stereocenters. The number of aryl methyl sites for hydroxylation is 1. The third kappa shape index (κ3) is 9.40. The second kappa shape index (κ2) is 12.5. The molecule has 162 valence electrons. The van der Waals surface area contributed by atoms with Crippen molar-refractivity contribution in [1.82, 2.24) is 20.9 Å². The zero-order valence-electron chi connectivity index (χ0n) is 18.1. The van der Waals surface area contributed by atoms with E-state index in [0.29, 0.717) is 19.0 Å². The van der Waals surface area contributed by atoms with Gasteiger partial charge < -0.3 is 20.7 Å². The molecular weight excluding hydrogens is 489 g/mol. The Balaban J connectivity index is 0.00000729. The first-order chi connectivity index (χ1) is 12.7. The van der Waals surface area contributed by atoms with Crippen molar-refractivity contribution in [2.45, 2.75) is 78.5 Å². The highest BCUT2D eigenvalue weighted by Crippen LogP contribution is 2.16. The van der Waals surface area contributed by atoms with Gasteiger partial charge in [-0.3, -0.25) is 4.99 Å². The first-order valence-corrected chi connectivity index (χ1v) is 10.4. The van der Waals surface area contributed by atoms with Gasteiger partial charge in [0.05, 0.1) is 12.1 Å². The third-order valence-electron chi connectivity index (χ3n) is 4.29. The molecule has 1 heterocycles. The molecule has 1 rings (SSSR count). The lowest BCUT2D eigenvalue weighted by Gasteiger charge is -2.34. The molecule has 7 nitrogen and oxygen atoms in total. The second-order valence-electron chi connectivity index (χ2n) is 7.47. The Kier molecular flexibility index (Phi) is 12.0. The van der Waals surface area contributed by atoms with E-state index in [4.69, 9.17) is 4.74 Å². The molecule has 0 aliphatic rings. The van der Waals surface area contributed by atoms with Crippen LogP contribution in [0.15, 0.2) is 11.2 Å². The summed E-state index contributed by atoms with van der Waals surface area (Å²) in [4.78, 5) is 22.2. The monoisotopic (exact) mass is 525 g/mol. The Morgan fingerprint density at radius 2 is 1.86 bits per heavy atom. The molecule has 0 saturated carbocycles. The fraction of sp³-hybridized carbons (Fsp3) is 0.737. The zero-order valence-corrected chi connectivity index (χ0v) is 21.3. The van der Waals surface area contributed by atoms with Crippen molar-refractivity contribution >= 4 is 47.4 Å². The van der Waals surface area contributed by atoms with Crippen LogP contribution in [-0.2, 0) is 17.7 Å². The minimum absolute atomic E-state index is 0. The van der Waals surface area contributed by atoms with E-state index in [0.717, 1.165) is 24.3 Å². The Bertz CT molecular complexity index is 624. The molecule has 0 radical (unpaired) electrons. The maximum atomic E-state index is 12.2. The van der Waals surface area contributed by atoms with Gasteiger partial charge in [-0.2, -0.15) is 0 Å². The number of aliphatic imine (C=N–C) groups is 1. The molecule has 1 aromatic heterocycles. The number of thiazole rings is 1. The number of amides is 1. The summed E-state index contributed by atoms with van der Waals surface area (Å²) in [5, 5.41) is 10.7. The average Bonchev–Trinajstić information content (AvgIpc) is 3.07. The minimum Gasteiger partial charge on any atom is -0.444 e. The number of halogens is 1. The van der Waals surface area contributed by atoms with Gasteiger partial charge in [0.2, 0.25) is 0 Å². The van der Waals surface area contributed by atoms with Gasteiger partial charge in [0.25, 0.3) is 0 Å². The molecule has 0 aliphatic heterocycles. The summed E-state index contributed by atoms with van der Waals surface area (Å²) in [6.45, 7) is 13.0. The molecule has 9 heteroatoms. The molecule has 0 fully saturated rings. The van der Waals surface area contributed by atoms with E-state index in [1.54, 1.807) is 18.4 Å². The standard InChI is InChI=1S/C19H35N5O2S.HI/c1-8-14-11-21-15(27-14)12-22-16(20-7)23-13-19(9-2,10-3)24-17(25)26-18(4,5)6;/h11H,8-10,12-13H2,1-7H3,(H,24,25)(H2,20,22,23);1H. The third-order valence-corrected chi connectivity index (χ3v) is 5.44. The summed E-state index contributed by atoms with van der Waals surface area (Å²) in [5.41, 5.74) is -0.927. The van der Waals surface area contributed by atoms with Crippen LogP contribution in [0.1, 0.15) is 64.3 Å². The summed E-state index contributed by atoms with van der Waals surface area (Å²) >= 11 is 1.70. The number of carbonyl (C=O) groups is 1. The van der Waals surface area contributed by atoms with Crippen LogP contribution < -0.4 is 16.0 Å². The van der Waals surface area contributed by atoms with E-state index in [9.17, 15) is 4.79 Å². The van der Waals surface area contributed by atoms with Gasteiger partial charge in [0.15, 0.2) is 5.96 Å². The van der Waals surface area contributed by atoms with Crippen molar-refractivity contribution in [3.63, 3.8) is 0 Å². The summed E-state index contributed by atoms with van der Waals surface area (Å²) < 4.78 is 5.42. The number of hydrogen-bond acceptors (Lipinski definition) is 5. The van der Waals surface area contributed by atoms with E-state index in [-0.39, 0.29) is 24.0 Å². The number of hydrogen-bond donors (Lipinski definition) is 3. The van der Waals surface area contributed by atoms with Crippen LogP contribution in [0.3, 0.4) is 0 Å². The maximum absolute atomic E-state index is 12.2. The minimum atomic E-state index is -0.520. The summed E-state index contributed by atoms with van der Waals surface area (Å²) in [6.07, 6.45) is 4.07. The Morgan fingerprint density at radius 1 is 1.21 bits per heavy atom. The van der Waals surface area contributed by atoms with Crippen molar-refractivity contribution in [1.29, 1.82) is 0 Å². The fourth-order valence-electron chi connectivity index (χ4n) is 2.47. The smallest absolute Gasteiger partial charge is 0.408 e. The Morgan fingerprint density at radius 3 is 2.32 bits per heavy atom. The molecule has 28 heavy (non-hydrogen) atoms. The van der Waals surface area contributed by atoms with E-state index in [1.807, 2.05) is 27.0 Å². The predicted octanol–water partition coefficient (Wildman–Crippen LogP) is 4.07. The van der Waals surface area contributed by atoms with Crippen LogP contribution in [0.5, 0.6) is 0 Å². The summed E-state index contributed by atoms with van der Waals surface area (Å²) in [6, 6.07) is 0. The molecule has 0 saturated heterocycles. The van der Waals surface area contributed by atoms with E-state index in [2.05, 4.69) is 46.7 Å². The number of guanidine groups is 1. The zero-order chi connectivity index (χ0) is 20.5. The van der Waals surface area contributed by atoms with Crippen molar-refractivity contribution < 1.29 is 9.53 Å². The van der Waals surface area contributed by atoms with Crippen LogP contribution in [0, 0.1) is 0 Å². The van der Waals surface area contributed by atoms with Gasteiger partial charge in [-0.1, -0.05) is 20.8 Å². The van der Waals surface area contributed by atoms with E-state index < -0.39 is 17.2 Å². The van der Waals surface area contributed by atoms with Crippen molar-refractivity contribution in [2.24, 2.45) is 4.99 Å². The van der Waals surface area contributed by atoms with Crippen molar-refractivity contribution in [2.75, 3.05) is 13.6 Å². The van der Waals surface area contributed by atoms with Crippen LogP contribution in [-0.4, -0.2) is 41.8 Å². The molecular formula is C19H36IN5O2S. The highest BCUT2D eigenvalue weighted by molar-refractivity contribution is 14.0. The quantitative estimate of drug-likeness (QED) is 0.271. The van der Waals surface area contributed by atoms with Crippen LogP contribution in [0.4, 0.5) is 4.79 Å². The van der Waals surface area contributed by atoms with Gasteiger partial charge in [-0.05, 0) is 40.0 Å². The van der Waals surface area contributed by atoms with Gasteiger partial charge in [0, 0.05) is 24.7 Å². The van der Waals surface area contributed by atoms with Crippen LogP contribution in [0.2, 0.25) is 0 Å². The SMILES string of the molecule is CCc1cnc(CNC(=NC)NCC(CC)(CC)NC(=O)OC(C)(C)C)s1.I. The molecule has 0 aromatic carbocycles. The number of alkyl carbamates (subject to hydrolysis) is 1. The number of ether oxygens (including phenoxy) is 1. The van der Waals surface area contributed by atoms with Crippen LogP contribution >= 0.6 is 35.3 Å². The van der Waals surface area contributed by atoms with Gasteiger partial charge >= 0.3 is 6.09 Å². The first-order valence-electron chi connectivity index (χ1n) is 9.56. The fourth-order valence-corrected chi connectivity index (χ4v) is 3.27. The summed E-state index contributed by atoms with van der Waals surface area (Å²) in [7, 11) is 1.73. The number of nitrogens with zero attached hydrogens (tertiary/aromatic N) is 2. The van der Waals surface area contributed by atoms with Gasteiger partial charge in [0.1, 0.15) is 10.6 Å². The lowest BCUT2D eigenvalue weighted by molar-refractivity contribution is 0.0448. The molecule has 1 amide bonds. The van der Waals surface area contributed by atoms with Crippen molar-refractivity contribution in [3.8, 4) is 0 Å². The molecule has 0 aliphatic carbocycles. The molecule has 3 N–H and O–H groups in total. The molecule has 0 atom stereocenters. The highest BCUT2D eigenvalue weighted by atomic mass is 127. The number of aromatic nitrogens is 1. The Hall–Kier alpha value is -1.10. The maximum Gasteiger partial charge on any atom is 0.408 e. The number of rotatable bonds is 8. The number of nitrogens with one attached hydrogen (secondary N) is 3. The molecule has 0 spiro atoms. The molecule has 1 aromatic rings. The second-order valence-corrected chi connectivity index (χ2v) is 8.67. The van der Waals surface area contributed by atoms with Crippen LogP contribution in [0.25, 0.3) is 0 Å². The topological polar surface area (TPSA) is 87.6 Å². The number of carbonyl (C=O) groups excluding carboxylic acids is 1. The van der Waals surface area contributed by atoms with E-state index >= 15 is 0 Å². The van der Waals surface area contributed by atoms with E-state index in [1.165, 1.54) is 4.88 Å². The highest BCUT2D eigenvalue weighted by Gasteiger charge is 2.30. The lowest BCUT2D eigenvalue weighted by Crippen LogP contribution is -2.57.